The SMILES string of the molecule is C[C@@H]1COCCN1c1nc2n(c(=O)c1F)[C@@H](C(F)(F)F)CCN2CC(=O)C1CC1. The van der Waals surface area contributed by atoms with Crippen LogP contribution in [0.1, 0.15) is 32.2 Å². The maximum Gasteiger partial charge on any atom is 0.409 e. The molecule has 1 aliphatic carbocycles. The molecule has 0 unspecified atom stereocenters. The van der Waals surface area contributed by atoms with E-state index in [1.165, 1.54) is 9.80 Å². The number of rotatable bonds is 4. The molecule has 11 heteroatoms. The molecule has 0 bridgehead atoms. The van der Waals surface area contributed by atoms with Gasteiger partial charge < -0.3 is 14.5 Å². The van der Waals surface area contributed by atoms with Crippen LogP contribution < -0.4 is 15.4 Å². The number of nitrogens with zero attached hydrogens (tertiary/aromatic N) is 4. The Morgan fingerprint density at radius 2 is 1.97 bits per heavy atom. The number of halogens is 4. The van der Waals surface area contributed by atoms with E-state index in [2.05, 4.69) is 4.98 Å². The van der Waals surface area contributed by atoms with Crippen molar-refractivity contribution in [3.05, 3.63) is 16.2 Å². The van der Waals surface area contributed by atoms with Gasteiger partial charge in [-0.3, -0.25) is 14.2 Å². The third kappa shape index (κ3) is 3.72. The van der Waals surface area contributed by atoms with E-state index in [-0.39, 0.29) is 55.8 Å². The average Bonchev–Trinajstić information content (AvgIpc) is 3.50. The fourth-order valence-electron chi connectivity index (χ4n) is 3.92. The van der Waals surface area contributed by atoms with Gasteiger partial charge >= 0.3 is 6.18 Å². The number of carbonyl (C=O) groups is 1. The molecule has 7 nitrogen and oxygen atoms in total. The van der Waals surface area contributed by atoms with Crippen molar-refractivity contribution < 1.29 is 27.1 Å². The second-order valence-corrected chi connectivity index (χ2v) is 7.85. The zero-order valence-corrected chi connectivity index (χ0v) is 15.9. The van der Waals surface area contributed by atoms with Crippen molar-refractivity contribution in [3.63, 3.8) is 0 Å². The summed E-state index contributed by atoms with van der Waals surface area (Å²) in [7, 11) is 0. The molecule has 0 radical (unpaired) electrons. The van der Waals surface area contributed by atoms with E-state index < -0.39 is 30.0 Å². The van der Waals surface area contributed by atoms with Gasteiger partial charge in [0.05, 0.1) is 25.8 Å². The molecule has 1 saturated heterocycles. The molecular weight excluding hydrogens is 396 g/mol. The predicted octanol–water partition coefficient (Wildman–Crippen LogP) is 1.90. The summed E-state index contributed by atoms with van der Waals surface area (Å²) in [6.45, 7) is 2.37. The molecule has 4 rings (SSSR count). The van der Waals surface area contributed by atoms with Gasteiger partial charge in [-0.2, -0.15) is 22.5 Å². The van der Waals surface area contributed by atoms with Crippen LogP contribution in [-0.4, -0.2) is 60.4 Å². The Balaban J connectivity index is 1.80. The number of morpholine rings is 1. The first-order valence-electron chi connectivity index (χ1n) is 9.69. The van der Waals surface area contributed by atoms with Gasteiger partial charge in [0, 0.05) is 19.0 Å². The Kier molecular flexibility index (Phi) is 5.04. The molecular formula is C18H22F4N4O3. The topological polar surface area (TPSA) is 67.7 Å². The maximum atomic E-state index is 14.9. The Morgan fingerprint density at radius 3 is 2.59 bits per heavy atom. The third-order valence-corrected chi connectivity index (χ3v) is 5.69. The lowest BCUT2D eigenvalue weighted by Crippen LogP contribution is -2.50. The van der Waals surface area contributed by atoms with Crippen molar-refractivity contribution in [2.45, 2.75) is 44.4 Å². The lowest BCUT2D eigenvalue weighted by molar-refractivity contribution is -0.171. The molecule has 0 amide bonds. The van der Waals surface area contributed by atoms with Gasteiger partial charge in [0.25, 0.3) is 5.56 Å². The van der Waals surface area contributed by atoms with Gasteiger partial charge in [-0.1, -0.05) is 0 Å². The van der Waals surface area contributed by atoms with Crippen LogP contribution in [0.4, 0.5) is 29.3 Å². The molecule has 1 aromatic heterocycles. The number of anilines is 2. The minimum absolute atomic E-state index is 0.0845. The fraction of sp³-hybridized carbons (Fsp3) is 0.722. The fourth-order valence-corrected chi connectivity index (χ4v) is 3.92. The molecule has 0 aromatic carbocycles. The van der Waals surface area contributed by atoms with E-state index >= 15 is 0 Å². The van der Waals surface area contributed by atoms with Gasteiger partial charge in [0.2, 0.25) is 11.8 Å². The minimum atomic E-state index is -4.73. The quantitative estimate of drug-likeness (QED) is 0.696. The normalized spacial score (nSPS) is 25.1. The predicted molar refractivity (Wildman–Crippen MR) is 95.7 cm³/mol. The highest BCUT2D eigenvalue weighted by Crippen LogP contribution is 2.39. The standard InChI is InChI=1S/C18H22F4N4O3/c1-10-9-29-7-6-25(10)15-14(19)16(28)26-13(18(20,21)22)4-5-24(17(26)23-15)8-12(27)11-2-3-11/h10-11,13H,2-9H2,1H3/t10-,13-/m1/s1. The van der Waals surface area contributed by atoms with E-state index in [1.54, 1.807) is 6.92 Å². The molecule has 1 aromatic rings. The number of ether oxygens (including phenoxy) is 1. The van der Waals surface area contributed by atoms with Crippen molar-refractivity contribution in [1.29, 1.82) is 0 Å². The smallest absolute Gasteiger partial charge is 0.377 e. The molecule has 29 heavy (non-hydrogen) atoms. The first-order valence-corrected chi connectivity index (χ1v) is 9.69. The van der Waals surface area contributed by atoms with E-state index in [1.807, 2.05) is 0 Å². The number of fused-ring (bicyclic) bond motifs is 1. The van der Waals surface area contributed by atoms with Gasteiger partial charge in [-0.15, -0.1) is 0 Å². The van der Waals surface area contributed by atoms with E-state index in [9.17, 15) is 27.2 Å². The average molecular weight is 418 g/mol. The highest BCUT2D eigenvalue weighted by molar-refractivity contribution is 5.87. The molecule has 3 aliphatic rings. The number of carbonyl (C=O) groups excluding carboxylic acids is 1. The Labute approximate surface area is 164 Å². The summed E-state index contributed by atoms with van der Waals surface area (Å²) >= 11 is 0. The van der Waals surface area contributed by atoms with Crippen LogP contribution in [0.25, 0.3) is 0 Å². The lowest BCUT2D eigenvalue weighted by Gasteiger charge is -2.39. The summed E-state index contributed by atoms with van der Waals surface area (Å²) in [5, 5.41) is 0. The molecule has 2 fully saturated rings. The highest BCUT2D eigenvalue weighted by atomic mass is 19.4. The summed E-state index contributed by atoms with van der Waals surface area (Å²) in [5.41, 5.74) is -1.37. The Morgan fingerprint density at radius 1 is 1.24 bits per heavy atom. The maximum absolute atomic E-state index is 14.9. The number of hydrogen-bond donors (Lipinski definition) is 0. The van der Waals surface area contributed by atoms with Crippen molar-refractivity contribution in [2.75, 3.05) is 42.6 Å². The molecule has 0 spiro atoms. The van der Waals surface area contributed by atoms with Crippen LogP contribution in [0.15, 0.2) is 4.79 Å². The highest BCUT2D eigenvalue weighted by Gasteiger charge is 2.47. The van der Waals surface area contributed by atoms with Crippen molar-refractivity contribution in [2.24, 2.45) is 5.92 Å². The summed E-state index contributed by atoms with van der Waals surface area (Å²) in [6, 6.07) is -2.47. The molecule has 1 saturated carbocycles. The monoisotopic (exact) mass is 418 g/mol. The minimum Gasteiger partial charge on any atom is -0.377 e. The number of ketones is 1. The number of aromatic nitrogens is 2. The van der Waals surface area contributed by atoms with Gasteiger partial charge in [-0.05, 0) is 26.2 Å². The second-order valence-electron chi connectivity index (χ2n) is 7.85. The van der Waals surface area contributed by atoms with Gasteiger partial charge in [-0.25, -0.2) is 0 Å². The van der Waals surface area contributed by atoms with Crippen molar-refractivity contribution >= 4 is 17.5 Å². The van der Waals surface area contributed by atoms with Crippen LogP contribution in [0.2, 0.25) is 0 Å². The van der Waals surface area contributed by atoms with Crippen LogP contribution in [0.3, 0.4) is 0 Å². The van der Waals surface area contributed by atoms with Crippen LogP contribution >= 0.6 is 0 Å². The molecule has 2 atom stereocenters. The number of Topliss-reactive ketones (excluding diaryl/α,β-unsaturated/α-hetero) is 1. The van der Waals surface area contributed by atoms with Crippen LogP contribution in [0.5, 0.6) is 0 Å². The Hall–Kier alpha value is -2.17. The first-order chi connectivity index (χ1) is 13.7. The number of hydrogen-bond acceptors (Lipinski definition) is 6. The van der Waals surface area contributed by atoms with Crippen molar-refractivity contribution in [1.82, 2.24) is 9.55 Å². The van der Waals surface area contributed by atoms with Crippen LogP contribution in [-0.2, 0) is 9.53 Å². The Bertz CT molecular complexity index is 868. The zero-order chi connectivity index (χ0) is 20.9. The molecule has 2 aliphatic heterocycles. The first kappa shape index (κ1) is 20.1. The molecule has 3 heterocycles. The van der Waals surface area contributed by atoms with Gasteiger partial charge in [0.1, 0.15) is 6.04 Å². The molecule has 0 N–H and O–H groups in total. The second kappa shape index (κ2) is 7.26. The lowest BCUT2D eigenvalue weighted by atomic mass is 10.1. The summed E-state index contributed by atoms with van der Waals surface area (Å²) in [5.74, 6) is -2.08. The third-order valence-electron chi connectivity index (χ3n) is 5.69. The van der Waals surface area contributed by atoms with Crippen molar-refractivity contribution in [3.8, 4) is 0 Å². The van der Waals surface area contributed by atoms with E-state index in [4.69, 9.17) is 4.74 Å². The summed E-state index contributed by atoms with van der Waals surface area (Å²) in [4.78, 5) is 32.0. The number of alkyl halides is 3. The van der Waals surface area contributed by atoms with Crippen LogP contribution in [0, 0.1) is 11.7 Å². The van der Waals surface area contributed by atoms with E-state index in [0.717, 1.165) is 12.8 Å². The van der Waals surface area contributed by atoms with E-state index in [0.29, 0.717) is 11.2 Å². The largest absolute Gasteiger partial charge is 0.409 e. The molecule has 160 valence electrons. The van der Waals surface area contributed by atoms with Gasteiger partial charge in [0.15, 0.2) is 11.6 Å². The zero-order valence-electron chi connectivity index (χ0n) is 15.9. The summed E-state index contributed by atoms with van der Waals surface area (Å²) < 4.78 is 61.2. The summed E-state index contributed by atoms with van der Waals surface area (Å²) in [6.07, 6.45) is -3.65.